The van der Waals surface area contributed by atoms with Gasteiger partial charge in [0.05, 0.1) is 12.7 Å². The van der Waals surface area contributed by atoms with Gasteiger partial charge in [-0.2, -0.15) is 0 Å². The molecular formula is C26H37NO3. The third-order valence-corrected chi connectivity index (χ3v) is 5.09. The number of rotatable bonds is 6. The van der Waals surface area contributed by atoms with Gasteiger partial charge in [0.25, 0.3) is 0 Å². The van der Waals surface area contributed by atoms with Crippen LogP contribution < -0.4 is 5.32 Å². The number of amides is 1. The molecule has 1 aliphatic heterocycles. The first kappa shape index (κ1) is 24.1. The lowest BCUT2D eigenvalue weighted by Gasteiger charge is -2.23. The normalized spacial score (nSPS) is 17.4. The average Bonchev–Trinajstić information content (AvgIpc) is 3.42. The first-order valence-electron chi connectivity index (χ1n) is 11.2. The summed E-state index contributed by atoms with van der Waals surface area (Å²) < 4.78 is 5.21. The highest BCUT2D eigenvalue weighted by atomic mass is 16.6. The predicted octanol–water partition coefficient (Wildman–Crippen LogP) is 4.68. The number of hydrogen-bond donors (Lipinski definition) is 2. The van der Waals surface area contributed by atoms with Crippen molar-refractivity contribution in [3.8, 4) is 0 Å². The number of carbonyl (C=O) groups excluding carboxylic acids is 1. The number of nitrogens with one attached hydrogen (secondary N) is 1. The maximum atomic E-state index is 12.2. The topological polar surface area (TPSA) is 61.9 Å². The number of benzene rings is 2. The van der Waals surface area contributed by atoms with Crippen LogP contribution in [0.3, 0.4) is 0 Å². The molecule has 2 atom stereocenters. The summed E-state index contributed by atoms with van der Waals surface area (Å²) in [5, 5.41) is 12.3. The third-order valence-electron chi connectivity index (χ3n) is 5.09. The molecule has 164 valence electrons. The van der Waals surface area contributed by atoms with Crippen molar-refractivity contribution in [1.29, 1.82) is 0 Å². The minimum Gasteiger partial charge on any atom is -0.373 e. The summed E-state index contributed by atoms with van der Waals surface area (Å²) in [4.78, 5) is 12.2. The van der Waals surface area contributed by atoms with E-state index in [0.29, 0.717) is 12.8 Å². The highest BCUT2D eigenvalue weighted by Gasteiger charge is 2.32. The van der Waals surface area contributed by atoms with Crippen molar-refractivity contribution in [3.63, 3.8) is 0 Å². The number of aryl methyl sites for hydroxylation is 2. The minimum absolute atomic E-state index is 0.119. The van der Waals surface area contributed by atoms with E-state index in [9.17, 15) is 9.90 Å². The Hall–Kier alpha value is -2.17. The van der Waals surface area contributed by atoms with Crippen LogP contribution in [0.2, 0.25) is 0 Å². The molecular weight excluding hydrogens is 374 g/mol. The quantitative estimate of drug-likeness (QED) is 0.536. The van der Waals surface area contributed by atoms with Crippen molar-refractivity contribution in [2.45, 2.75) is 71.6 Å². The Kier molecular flexibility index (Phi) is 9.54. The summed E-state index contributed by atoms with van der Waals surface area (Å²) >= 11 is 0. The van der Waals surface area contributed by atoms with Gasteiger partial charge in [-0.1, -0.05) is 68.4 Å². The summed E-state index contributed by atoms with van der Waals surface area (Å²) in [7, 11) is 0. The lowest BCUT2D eigenvalue weighted by Crippen LogP contribution is -2.46. The molecule has 2 aliphatic rings. The number of epoxide rings is 1. The second kappa shape index (κ2) is 11.9. The largest absolute Gasteiger partial charge is 0.373 e. The smallest absolute Gasteiger partial charge is 0.225 e. The van der Waals surface area contributed by atoms with E-state index in [1.54, 1.807) is 25.0 Å². The van der Waals surface area contributed by atoms with E-state index < -0.39 is 5.72 Å². The molecule has 1 fully saturated rings. The Morgan fingerprint density at radius 1 is 1.07 bits per heavy atom. The summed E-state index contributed by atoms with van der Waals surface area (Å²) in [6.07, 6.45) is 5.53. The van der Waals surface area contributed by atoms with E-state index in [4.69, 9.17) is 4.74 Å². The number of aliphatic hydroxyl groups is 1. The van der Waals surface area contributed by atoms with Gasteiger partial charge in [0.1, 0.15) is 5.72 Å². The minimum atomic E-state index is -1.18. The highest BCUT2D eigenvalue weighted by Crippen LogP contribution is 2.23. The van der Waals surface area contributed by atoms with Crippen LogP contribution in [0.5, 0.6) is 0 Å². The zero-order valence-corrected chi connectivity index (χ0v) is 18.9. The molecule has 0 aromatic heterocycles. The molecule has 0 radical (unpaired) electrons. The molecule has 2 aromatic rings. The molecule has 4 heteroatoms. The van der Waals surface area contributed by atoms with Gasteiger partial charge in [-0.3, -0.25) is 4.79 Å². The highest BCUT2D eigenvalue weighted by molar-refractivity contribution is 5.79. The molecule has 1 saturated heterocycles. The van der Waals surface area contributed by atoms with Crippen molar-refractivity contribution < 1.29 is 14.6 Å². The number of hydrogen-bond acceptors (Lipinski definition) is 3. The van der Waals surface area contributed by atoms with Crippen molar-refractivity contribution in [2.75, 3.05) is 6.61 Å². The van der Waals surface area contributed by atoms with Crippen LogP contribution in [0.15, 0.2) is 54.6 Å². The molecule has 0 unspecified atom stereocenters. The molecule has 1 heterocycles. The molecule has 1 aliphatic carbocycles. The zero-order chi connectivity index (χ0) is 22.0. The molecule has 0 bridgehead atoms. The van der Waals surface area contributed by atoms with Gasteiger partial charge in [-0.25, -0.2) is 0 Å². The van der Waals surface area contributed by atoms with E-state index in [-0.39, 0.29) is 17.9 Å². The predicted molar refractivity (Wildman–Crippen MR) is 122 cm³/mol. The van der Waals surface area contributed by atoms with Gasteiger partial charge in [0, 0.05) is 5.92 Å². The Balaban J connectivity index is 0.000000241. The van der Waals surface area contributed by atoms with Crippen LogP contribution in [0.25, 0.3) is 0 Å². The molecule has 30 heavy (non-hydrogen) atoms. The van der Waals surface area contributed by atoms with Crippen molar-refractivity contribution in [2.24, 2.45) is 5.92 Å². The average molecular weight is 412 g/mol. The number of ether oxygens (including phenoxy) is 1. The van der Waals surface area contributed by atoms with E-state index in [1.165, 1.54) is 19.3 Å². The van der Waals surface area contributed by atoms with Crippen LogP contribution in [-0.2, 0) is 28.8 Å². The molecule has 2 aromatic carbocycles. The lowest BCUT2D eigenvalue weighted by molar-refractivity contribution is -0.131. The van der Waals surface area contributed by atoms with Crippen molar-refractivity contribution in [3.05, 3.63) is 71.3 Å². The van der Waals surface area contributed by atoms with Crippen molar-refractivity contribution in [1.82, 2.24) is 5.32 Å². The fraction of sp³-hybridized carbons (Fsp3) is 0.500. The molecule has 1 amide bonds. The summed E-state index contributed by atoms with van der Waals surface area (Å²) in [5.74, 6) is -0.284. The van der Waals surface area contributed by atoms with E-state index in [1.807, 2.05) is 44.2 Å². The van der Waals surface area contributed by atoms with Crippen LogP contribution in [0.1, 0.15) is 57.2 Å². The summed E-state index contributed by atoms with van der Waals surface area (Å²) in [6.45, 7) is 7.87. The first-order valence-corrected chi connectivity index (χ1v) is 11.2. The fourth-order valence-electron chi connectivity index (χ4n) is 3.62. The molecule has 0 saturated carbocycles. The van der Waals surface area contributed by atoms with E-state index in [2.05, 4.69) is 29.6 Å². The molecule has 0 spiro atoms. The van der Waals surface area contributed by atoms with Gasteiger partial charge in [-0.15, -0.1) is 0 Å². The van der Waals surface area contributed by atoms with E-state index >= 15 is 0 Å². The maximum absolute atomic E-state index is 12.2. The summed E-state index contributed by atoms with van der Waals surface area (Å²) in [6, 6.07) is 18.6. The van der Waals surface area contributed by atoms with Gasteiger partial charge in [0.15, 0.2) is 0 Å². The Bertz CT molecular complexity index is 740. The third kappa shape index (κ3) is 8.68. The number of carbonyl (C=O) groups is 1. The van der Waals surface area contributed by atoms with Gasteiger partial charge >= 0.3 is 0 Å². The molecule has 4 nitrogen and oxygen atoms in total. The van der Waals surface area contributed by atoms with Gasteiger partial charge in [-0.05, 0) is 62.6 Å². The zero-order valence-electron chi connectivity index (χ0n) is 18.9. The maximum Gasteiger partial charge on any atom is 0.225 e. The van der Waals surface area contributed by atoms with E-state index in [0.717, 1.165) is 12.2 Å². The molecule has 2 N–H and O–H groups in total. The Morgan fingerprint density at radius 2 is 1.60 bits per heavy atom. The van der Waals surface area contributed by atoms with Gasteiger partial charge < -0.3 is 15.2 Å². The Labute approximate surface area is 181 Å². The van der Waals surface area contributed by atoms with Gasteiger partial charge in [0.2, 0.25) is 5.91 Å². The van der Waals surface area contributed by atoms with Crippen LogP contribution >= 0.6 is 0 Å². The fourth-order valence-corrected chi connectivity index (χ4v) is 3.62. The summed E-state index contributed by atoms with van der Waals surface area (Å²) in [5.41, 5.74) is 3.07. The van der Waals surface area contributed by atoms with Crippen LogP contribution in [0.4, 0.5) is 0 Å². The number of fused-ring (bicyclic) bond motifs is 1. The SMILES string of the molecule is CC.CC(C)(O)NC(=O)[C@H](Cc1ccccc1)C[C@H]1CO1.c1ccc2c(c1)CCC2. The van der Waals surface area contributed by atoms with Crippen LogP contribution in [0, 0.1) is 5.92 Å². The first-order chi connectivity index (χ1) is 14.4. The lowest BCUT2D eigenvalue weighted by atomic mass is 9.93. The van der Waals surface area contributed by atoms with Crippen LogP contribution in [-0.4, -0.2) is 29.4 Å². The Morgan fingerprint density at radius 3 is 2.10 bits per heavy atom. The second-order valence-corrected chi connectivity index (χ2v) is 8.25. The second-order valence-electron chi connectivity index (χ2n) is 8.25. The van der Waals surface area contributed by atoms with Crippen molar-refractivity contribution >= 4 is 5.91 Å². The monoisotopic (exact) mass is 411 g/mol. The molecule has 4 rings (SSSR count). The standard InChI is InChI=1S/C15H21NO3.C9H10.C2H6/c1-15(2,18)16-14(17)12(9-13-10-19-13)8-11-6-4-3-5-7-11;1-2-5-9-7-3-6-8(9)4-1;1-2/h3-7,12-13,18H,8-10H2,1-2H3,(H,16,17);1-2,4-5H,3,6-7H2;1-2H3/t12-,13+;;/m1../s1.